The molecule has 0 aliphatic carbocycles. The first-order valence-corrected chi connectivity index (χ1v) is 8.28. The first-order chi connectivity index (χ1) is 12.2. The van der Waals surface area contributed by atoms with Gasteiger partial charge in [-0.05, 0) is 23.8 Å². The Morgan fingerprint density at radius 2 is 2.08 bits per heavy atom. The Morgan fingerprint density at radius 3 is 2.65 bits per heavy atom. The van der Waals surface area contributed by atoms with Gasteiger partial charge in [0.2, 0.25) is 5.56 Å². The van der Waals surface area contributed by atoms with E-state index in [0.717, 1.165) is 11.8 Å². The largest absolute Gasteiger partial charge is 0.465 e. The molecule has 1 aromatic carbocycles. The van der Waals surface area contributed by atoms with Gasteiger partial charge in [0.25, 0.3) is 0 Å². The van der Waals surface area contributed by atoms with E-state index in [9.17, 15) is 22.8 Å². The summed E-state index contributed by atoms with van der Waals surface area (Å²) in [6.45, 7) is 0. The SMILES string of the molecule is COC(=O)c1ccc(Cl)c(CSc2[nH]c(=O)cc(C(F)(F)F)c2C#N)c1. The van der Waals surface area contributed by atoms with E-state index < -0.39 is 28.8 Å². The molecule has 0 saturated heterocycles. The summed E-state index contributed by atoms with van der Waals surface area (Å²) in [6.07, 6.45) is -4.84. The van der Waals surface area contributed by atoms with Crippen LogP contribution in [0.2, 0.25) is 5.02 Å². The summed E-state index contributed by atoms with van der Waals surface area (Å²) >= 11 is 6.83. The van der Waals surface area contributed by atoms with Crippen LogP contribution < -0.4 is 5.56 Å². The van der Waals surface area contributed by atoms with Gasteiger partial charge in [0.1, 0.15) is 6.07 Å². The van der Waals surface area contributed by atoms with Gasteiger partial charge in [0, 0.05) is 16.8 Å². The number of thioether (sulfide) groups is 1. The van der Waals surface area contributed by atoms with Crippen LogP contribution in [0.4, 0.5) is 13.2 Å². The minimum absolute atomic E-state index is 0.0234. The highest BCUT2D eigenvalue weighted by atomic mass is 35.5. The van der Waals surface area contributed by atoms with Crippen molar-refractivity contribution in [3.63, 3.8) is 0 Å². The van der Waals surface area contributed by atoms with Crippen LogP contribution in [0.25, 0.3) is 0 Å². The minimum Gasteiger partial charge on any atom is -0.465 e. The van der Waals surface area contributed by atoms with Crippen molar-refractivity contribution in [1.29, 1.82) is 5.26 Å². The number of methoxy groups -OCH3 is 1. The maximum absolute atomic E-state index is 13.0. The molecule has 10 heteroatoms. The number of halogens is 4. The van der Waals surface area contributed by atoms with Gasteiger partial charge in [-0.15, -0.1) is 11.8 Å². The lowest BCUT2D eigenvalue weighted by Crippen LogP contribution is -2.17. The van der Waals surface area contributed by atoms with Gasteiger partial charge in [0.05, 0.1) is 28.8 Å². The Balaban J connectivity index is 2.39. The number of aromatic nitrogens is 1. The summed E-state index contributed by atoms with van der Waals surface area (Å²) in [4.78, 5) is 25.3. The fourth-order valence-electron chi connectivity index (χ4n) is 2.06. The second-order valence-electron chi connectivity index (χ2n) is 4.95. The van der Waals surface area contributed by atoms with Gasteiger partial charge in [-0.25, -0.2) is 4.79 Å². The standard InChI is InChI=1S/C16H10ClF3N2O3S/c1-25-15(24)8-2-3-12(17)9(4-8)7-26-14-10(6-21)11(16(18,19)20)5-13(23)22-14/h2-5H,7H2,1H3,(H,22,23). The van der Waals surface area contributed by atoms with Crippen molar-refractivity contribution in [2.24, 2.45) is 0 Å². The molecule has 0 amide bonds. The van der Waals surface area contributed by atoms with Crippen LogP contribution in [0.5, 0.6) is 0 Å². The van der Waals surface area contributed by atoms with Crippen molar-refractivity contribution < 1.29 is 22.7 Å². The second-order valence-corrected chi connectivity index (χ2v) is 6.34. The van der Waals surface area contributed by atoms with Crippen LogP contribution in [0.15, 0.2) is 34.1 Å². The maximum Gasteiger partial charge on any atom is 0.417 e. The average Bonchev–Trinajstić information content (AvgIpc) is 2.59. The van der Waals surface area contributed by atoms with Crippen molar-refractivity contribution in [2.45, 2.75) is 17.0 Å². The lowest BCUT2D eigenvalue weighted by Gasteiger charge is -2.12. The van der Waals surface area contributed by atoms with Gasteiger partial charge in [-0.3, -0.25) is 4.79 Å². The minimum atomic E-state index is -4.84. The normalized spacial score (nSPS) is 11.1. The highest BCUT2D eigenvalue weighted by Gasteiger charge is 2.35. The third kappa shape index (κ3) is 4.39. The molecule has 1 aromatic heterocycles. The van der Waals surface area contributed by atoms with E-state index in [4.69, 9.17) is 16.9 Å². The highest BCUT2D eigenvalue weighted by Crippen LogP contribution is 2.35. The molecular formula is C16H10ClF3N2O3S. The molecule has 0 atom stereocenters. The van der Waals surface area contributed by atoms with E-state index in [1.165, 1.54) is 31.4 Å². The number of carbonyl (C=O) groups is 1. The summed E-state index contributed by atoms with van der Waals surface area (Å²) in [5.41, 5.74) is -2.32. The van der Waals surface area contributed by atoms with Crippen molar-refractivity contribution in [1.82, 2.24) is 4.98 Å². The number of nitriles is 1. The number of aromatic amines is 1. The Bertz CT molecular complexity index is 951. The molecule has 0 fully saturated rings. The lowest BCUT2D eigenvalue weighted by atomic mass is 10.1. The third-order valence-electron chi connectivity index (χ3n) is 3.26. The Morgan fingerprint density at radius 1 is 1.38 bits per heavy atom. The number of carbonyl (C=O) groups excluding carboxylic acids is 1. The fraction of sp³-hybridized carbons (Fsp3) is 0.188. The number of benzene rings is 1. The molecule has 26 heavy (non-hydrogen) atoms. The van der Waals surface area contributed by atoms with E-state index in [-0.39, 0.29) is 21.4 Å². The number of ether oxygens (including phenoxy) is 1. The second kappa shape index (κ2) is 7.85. The Kier molecular flexibility index (Phi) is 6.00. The number of hydrogen-bond donors (Lipinski definition) is 1. The molecule has 5 nitrogen and oxygen atoms in total. The van der Waals surface area contributed by atoms with Gasteiger partial charge in [-0.2, -0.15) is 18.4 Å². The average molecular weight is 403 g/mol. The summed E-state index contributed by atoms with van der Waals surface area (Å²) in [5, 5.41) is 9.13. The molecule has 0 bridgehead atoms. The maximum atomic E-state index is 13.0. The summed E-state index contributed by atoms with van der Waals surface area (Å²) in [6, 6.07) is 6.13. The Hall–Kier alpha value is -2.44. The van der Waals surface area contributed by atoms with Gasteiger partial charge < -0.3 is 9.72 Å². The number of hydrogen-bond acceptors (Lipinski definition) is 5. The third-order valence-corrected chi connectivity index (χ3v) is 4.68. The van der Waals surface area contributed by atoms with Gasteiger partial charge >= 0.3 is 12.1 Å². The smallest absolute Gasteiger partial charge is 0.417 e. The lowest BCUT2D eigenvalue weighted by molar-refractivity contribution is -0.138. The first-order valence-electron chi connectivity index (χ1n) is 6.91. The molecule has 0 unspecified atom stereocenters. The fourth-order valence-corrected chi connectivity index (χ4v) is 3.33. The van der Waals surface area contributed by atoms with Crippen LogP contribution >= 0.6 is 23.4 Å². The zero-order valence-electron chi connectivity index (χ0n) is 13.1. The number of nitrogens with one attached hydrogen (secondary N) is 1. The molecule has 2 aromatic rings. The predicted octanol–water partition coefficient (Wildman–Crippen LogP) is 4.00. The molecule has 0 saturated carbocycles. The molecule has 1 heterocycles. The van der Waals surface area contributed by atoms with Crippen LogP contribution in [0, 0.1) is 11.3 Å². The molecule has 2 rings (SSSR count). The highest BCUT2D eigenvalue weighted by molar-refractivity contribution is 7.98. The molecule has 0 aliphatic heterocycles. The summed E-state index contributed by atoms with van der Waals surface area (Å²) in [7, 11) is 1.21. The van der Waals surface area contributed by atoms with Crippen LogP contribution in [0.3, 0.4) is 0 Å². The van der Waals surface area contributed by atoms with E-state index in [2.05, 4.69) is 9.72 Å². The monoisotopic (exact) mass is 402 g/mol. The van der Waals surface area contributed by atoms with E-state index in [1.807, 2.05) is 0 Å². The van der Waals surface area contributed by atoms with Gasteiger partial charge in [0.15, 0.2) is 0 Å². The van der Waals surface area contributed by atoms with Crippen molar-refractivity contribution >= 4 is 29.3 Å². The summed E-state index contributed by atoms with van der Waals surface area (Å²) < 4.78 is 43.6. The Labute approximate surface area is 154 Å². The molecule has 0 aliphatic rings. The quantitative estimate of drug-likeness (QED) is 0.617. The molecule has 136 valence electrons. The molecule has 0 spiro atoms. The van der Waals surface area contributed by atoms with Crippen LogP contribution in [0.1, 0.15) is 27.0 Å². The van der Waals surface area contributed by atoms with Gasteiger partial charge in [-0.1, -0.05) is 11.6 Å². The number of esters is 1. The predicted molar refractivity (Wildman–Crippen MR) is 89.1 cm³/mol. The van der Waals surface area contributed by atoms with Crippen LogP contribution in [-0.2, 0) is 16.7 Å². The number of nitrogens with zero attached hydrogens (tertiary/aromatic N) is 1. The zero-order chi connectivity index (χ0) is 19.5. The topological polar surface area (TPSA) is 83.0 Å². The molecule has 1 N–H and O–H groups in total. The van der Waals surface area contributed by atoms with Crippen molar-refractivity contribution in [3.8, 4) is 6.07 Å². The van der Waals surface area contributed by atoms with Crippen LogP contribution in [-0.4, -0.2) is 18.1 Å². The number of pyridine rings is 1. The molecular weight excluding hydrogens is 393 g/mol. The zero-order valence-corrected chi connectivity index (χ0v) is 14.7. The first kappa shape index (κ1) is 19.9. The van der Waals surface area contributed by atoms with E-state index in [0.29, 0.717) is 11.6 Å². The van der Waals surface area contributed by atoms with E-state index >= 15 is 0 Å². The van der Waals surface area contributed by atoms with E-state index in [1.54, 1.807) is 0 Å². The molecule has 0 radical (unpaired) electrons. The van der Waals surface area contributed by atoms with Crippen molar-refractivity contribution in [3.05, 3.63) is 61.9 Å². The number of rotatable bonds is 4. The summed E-state index contributed by atoms with van der Waals surface area (Å²) in [5.74, 6) is -0.576. The number of H-pyrrole nitrogens is 1. The number of alkyl halides is 3. The van der Waals surface area contributed by atoms with Crippen molar-refractivity contribution in [2.75, 3.05) is 7.11 Å².